The van der Waals surface area contributed by atoms with Crippen LogP contribution < -0.4 is 10.6 Å². The zero-order valence-corrected chi connectivity index (χ0v) is 9.58. The molecule has 5 nitrogen and oxygen atoms in total. The number of hydrogen-bond donors (Lipinski definition) is 3. The molecular weight excluding hydrogens is 196 g/mol. The van der Waals surface area contributed by atoms with Crippen LogP contribution in [0.15, 0.2) is 0 Å². The van der Waals surface area contributed by atoms with Crippen molar-refractivity contribution in [1.82, 2.24) is 10.6 Å². The molecule has 5 heteroatoms. The second kappa shape index (κ2) is 9.89. The molecule has 1 atom stereocenters. The molecule has 1 unspecified atom stereocenters. The number of aliphatic hydroxyl groups excluding tert-OH is 1. The number of methoxy groups -OCH3 is 1. The second-order valence-corrected chi connectivity index (χ2v) is 3.32. The fraction of sp³-hybridized carbons (Fsp3) is 0.900. The van der Waals surface area contributed by atoms with Crippen molar-refractivity contribution in [1.29, 1.82) is 0 Å². The van der Waals surface area contributed by atoms with Crippen molar-refractivity contribution in [3.63, 3.8) is 0 Å². The summed E-state index contributed by atoms with van der Waals surface area (Å²) >= 11 is 0. The maximum atomic E-state index is 11.1. The topological polar surface area (TPSA) is 70.6 Å². The average Bonchev–Trinajstić information content (AvgIpc) is 2.19. The average molecular weight is 218 g/mol. The van der Waals surface area contributed by atoms with Gasteiger partial charge in [0, 0.05) is 39.3 Å². The summed E-state index contributed by atoms with van der Waals surface area (Å²) in [4.78, 5) is 11.1. The summed E-state index contributed by atoms with van der Waals surface area (Å²) < 4.78 is 4.99. The molecule has 0 radical (unpaired) electrons. The van der Waals surface area contributed by atoms with Crippen LogP contribution >= 0.6 is 0 Å². The minimum absolute atomic E-state index is 0.0464. The van der Waals surface area contributed by atoms with Gasteiger partial charge in [-0.05, 0) is 13.3 Å². The van der Waals surface area contributed by atoms with Crippen molar-refractivity contribution in [2.75, 3.05) is 33.4 Å². The maximum absolute atomic E-state index is 11.1. The van der Waals surface area contributed by atoms with Crippen molar-refractivity contribution in [2.45, 2.75) is 25.8 Å². The van der Waals surface area contributed by atoms with Crippen molar-refractivity contribution in [3.8, 4) is 0 Å². The van der Waals surface area contributed by atoms with Crippen LogP contribution in [-0.2, 0) is 9.53 Å². The van der Waals surface area contributed by atoms with E-state index in [4.69, 9.17) is 9.84 Å². The lowest BCUT2D eigenvalue weighted by Gasteiger charge is -2.16. The van der Waals surface area contributed by atoms with Crippen LogP contribution in [0.5, 0.6) is 0 Å². The number of hydrogen-bond acceptors (Lipinski definition) is 4. The first-order valence-corrected chi connectivity index (χ1v) is 5.34. The highest BCUT2D eigenvalue weighted by Crippen LogP contribution is 1.92. The van der Waals surface area contributed by atoms with Gasteiger partial charge >= 0.3 is 0 Å². The van der Waals surface area contributed by atoms with Crippen LogP contribution in [-0.4, -0.2) is 50.5 Å². The van der Waals surface area contributed by atoms with E-state index < -0.39 is 0 Å². The Morgan fingerprint density at radius 3 is 2.80 bits per heavy atom. The molecule has 0 saturated heterocycles. The summed E-state index contributed by atoms with van der Waals surface area (Å²) in [5.41, 5.74) is 0. The van der Waals surface area contributed by atoms with Crippen LogP contribution in [0.1, 0.15) is 19.8 Å². The Hall–Kier alpha value is -0.650. The molecule has 0 fully saturated rings. The summed E-state index contributed by atoms with van der Waals surface area (Å²) in [6, 6.07) is 0.120. The van der Waals surface area contributed by atoms with E-state index >= 15 is 0 Å². The van der Waals surface area contributed by atoms with Gasteiger partial charge in [-0.15, -0.1) is 0 Å². The molecule has 0 bridgehead atoms. The van der Waals surface area contributed by atoms with Crippen molar-refractivity contribution in [2.24, 2.45) is 0 Å². The molecule has 3 N–H and O–H groups in total. The van der Waals surface area contributed by atoms with E-state index in [1.807, 2.05) is 6.92 Å². The van der Waals surface area contributed by atoms with Gasteiger partial charge in [0.25, 0.3) is 0 Å². The summed E-state index contributed by atoms with van der Waals surface area (Å²) in [6.45, 7) is 3.85. The van der Waals surface area contributed by atoms with Gasteiger partial charge in [-0.2, -0.15) is 0 Å². The largest absolute Gasteiger partial charge is 0.396 e. The first-order chi connectivity index (χ1) is 7.24. The number of ether oxygens (including phenoxy) is 1. The van der Waals surface area contributed by atoms with Gasteiger partial charge in [-0.3, -0.25) is 4.79 Å². The van der Waals surface area contributed by atoms with Gasteiger partial charge < -0.3 is 20.5 Å². The SMILES string of the molecule is CCNC(=O)CCNC(CCO)COC. The Morgan fingerprint density at radius 2 is 2.27 bits per heavy atom. The van der Waals surface area contributed by atoms with E-state index in [0.29, 0.717) is 32.5 Å². The fourth-order valence-corrected chi connectivity index (χ4v) is 1.28. The normalized spacial score (nSPS) is 12.5. The first-order valence-electron chi connectivity index (χ1n) is 5.34. The number of carbonyl (C=O) groups is 1. The van der Waals surface area contributed by atoms with Gasteiger partial charge in [-0.1, -0.05) is 0 Å². The Morgan fingerprint density at radius 1 is 1.53 bits per heavy atom. The summed E-state index contributed by atoms with van der Waals surface area (Å²) in [7, 11) is 1.62. The van der Waals surface area contributed by atoms with E-state index in [-0.39, 0.29) is 18.6 Å². The Bertz CT molecular complexity index is 159. The maximum Gasteiger partial charge on any atom is 0.221 e. The van der Waals surface area contributed by atoms with E-state index in [2.05, 4.69) is 10.6 Å². The molecule has 0 aliphatic rings. The highest BCUT2D eigenvalue weighted by Gasteiger charge is 2.07. The summed E-state index contributed by atoms with van der Waals surface area (Å²) in [5.74, 6) is 0.0464. The van der Waals surface area contributed by atoms with E-state index in [0.717, 1.165) is 0 Å². The standard InChI is InChI=1S/C10H22N2O3/c1-3-11-10(14)4-6-12-9(5-7-13)8-15-2/h9,12-13H,3-8H2,1-2H3,(H,11,14). The third kappa shape index (κ3) is 8.35. The Kier molecular flexibility index (Phi) is 9.46. The highest BCUT2D eigenvalue weighted by atomic mass is 16.5. The van der Waals surface area contributed by atoms with Gasteiger partial charge in [0.1, 0.15) is 0 Å². The van der Waals surface area contributed by atoms with Crippen molar-refractivity contribution >= 4 is 5.91 Å². The molecule has 0 aliphatic carbocycles. The third-order valence-electron chi connectivity index (χ3n) is 2.00. The van der Waals surface area contributed by atoms with Crippen LogP contribution in [0.4, 0.5) is 0 Å². The molecule has 1 amide bonds. The van der Waals surface area contributed by atoms with Gasteiger partial charge in [0.2, 0.25) is 5.91 Å². The molecule has 90 valence electrons. The van der Waals surface area contributed by atoms with Crippen molar-refractivity contribution in [3.05, 3.63) is 0 Å². The molecular formula is C10H22N2O3. The predicted octanol–water partition coefficient (Wildman–Crippen LogP) is -0.500. The lowest BCUT2D eigenvalue weighted by Crippen LogP contribution is -2.37. The summed E-state index contributed by atoms with van der Waals surface area (Å²) in [5, 5.41) is 14.7. The predicted molar refractivity (Wildman–Crippen MR) is 58.7 cm³/mol. The molecule has 0 spiro atoms. The molecule has 0 aliphatic heterocycles. The first kappa shape index (κ1) is 14.3. The molecule has 0 aromatic heterocycles. The van der Waals surface area contributed by atoms with E-state index in [1.54, 1.807) is 7.11 Å². The zero-order chi connectivity index (χ0) is 11.5. The quantitative estimate of drug-likeness (QED) is 0.488. The van der Waals surface area contributed by atoms with E-state index in [1.165, 1.54) is 0 Å². The van der Waals surface area contributed by atoms with Crippen LogP contribution in [0.2, 0.25) is 0 Å². The summed E-state index contributed by atoms with van der Waals surface area (Å²) in [6.07, 6.45) is 1.10. The van der Waals surface area contributed by atoms with E-state index in [9.17, 15) is 4.79 Å². The molecule has 0 saturated carbocycles. The second-order valence-electron chi connectivity index (χ2n) is 3.32. The monoisotopic (exact) mass is 218 g/mol. The Balaban J connectivity index is 3.55. The van der Waals surface area contributed by atoms with Crippen molar-refractivity contribution < 1.29 is 14.6 Å². The molecule has 0 aromatic rings. The number of amides is 1. The molecule has 15 heavy (non-hydrogen) atoms. The molecule has 0 heterocycles. The van der Waals surface area contributed by atoms with Crippen LogP contribution in [0.3, 0.4) is 0 Å². The highest BCUT2D eigenvalue weighted by molar-refractivity contribution is 5.75. The molecule has 0 rings (SSSR count). The molecule has 0 aromatic carbocycles. The number of carbonyl (C=O) groups excluding carboxylic acids is 1. The van der Waals surface area contributed by atoms with Gasteiger partial charge in [0.15, 0.2) is 0 Å². The zero-order valence-electron chi connectivity index (χ0n) is 9.58. The number of nitrogens with one attached hydrogen (secondary N) is 2. The fourth-order valence-electron chi connectivity index (χ4n) is 1.28. The third-order valence-corrected chi connectivity index (χ3v) is 2.00. The lowest BCUT2D eigenvalue weighted by molar-refractivity contribution is -0.120. The smallest absolute Gasteiger partial charge is 0.221 e. The lowest BCUT2D eigenvalue weighted by atomic mass is 10.2. The minimum atomic E-state index is 0.0464. The van der Waals surface area contributed by atoms with Crippen LogP contribution in [0.25, 0.3) is 0 Å². The van der Waals surface area contributed by atoms with Gasteiger partial charge in [0.05, 0.1) is 6.61 Å². The van der Waals surface area contributed by atoms with Gasteiger partial charge in [-0.25, -0.2) is 0 Å². The number of rotatable bonds is 9. The van der Waals surface area contributed by atoms with Crippen LogP contribution in [0, 0.1) is 0 Å². The number of aliphatic hydroxyl groups is 1. The Labute approximate surface area is 91.2 Å². The minimum Gasteiger partial charge on any atom is -0.396 e.